The smallest absolute Gasteiger partial charge is 0.0781 e. The van der Waals surface area contributed by atoms with Crippen molar-refractivity contribution in [1.29, 1.82) is 0 Å². The molecule has 0 aliphatic carbocycles. The molecule has 0 amide bonds. The van der Waals surface area contributed by atoms with Crippen molar-refractivity contribution in [2.75, 3.05) is 5.32 Å². The molecule has 0 aromatic heterocycles. The number of rotatable bonds is 4. The van der Waals surface area contributed by atoms with Crippen molar-refractivity contribution < 1.29 is 5.11 Å². The van der Waals surface area contributed by atoms with Gasteiger partial charge in [-0.3, -0.25) is 0 Å². The molecule has 2 nitrogen and oxygen atoms in total. The van der Waals surface area contributed by atoms with E-state index in [4.69, 9.17) is 0 Å². The van der Waals surface area contributed by atoms with Crippen LogP contribution in [0.3, 0.4) is 0 Å². The van der Waals surface area contributed by atoms with Gasteiger partial charge >= 0.3 is 0 Å². The van der Waals surface area contributed by atoms with E-state index in [2.05, 4.69) is 46.4 Å². The number of hydrogen-bond donors (Lipinski definition) is 2. The Balaban J connectivity index is 2.12. The first kappa shape index (κ1) is 14.1. The predicted octanol–water partition coefficient (Wildman–Crippen LogP) is 4.42. The van der Waals surface area contributed by atoms with Gasteiger partial charge in [0.1, 0.15) is 0 Å². The molecular weight excluding hydrogens is 302 g/mol. The molecule has 2 aromatic rings. The molecule has 0 fully saturated rings. The number of nitrogens with one attached hydrogen (secondary N) is 1. The Morgan fingerprint density at radius 2 is 1.95 bits per heavy atom. The van der Waals surface area contributed by atoms with Gasteiger partial charge in [-0.25, -0.2) is 0 Å². The van der Waals surface area contributed by atoms with E-state index in [-0.39, 0.29) is 0 Å². The summed E-state index contributed by atoms with van der Waals surface area (Å²) >= 11 is 3.54. The largest absolute Gasteiger partial charge is 0.389 e. The van der Waals surface area contributed by atoms with Gasteiger partial charge < -0.3 is 10.4 Å². The molecular formula is C16H18BrNO. The zero-order chi connectivity index (χ0) is 13.8. The van der Waals surface area contributed by atoms with Gasteiger partial charge in [-0.05, 0) is 37.1 Å². The van der Waals surface area contributed by atoms with Crippen LogP contribution in [0.15, 0.2) is 46.9 Å². The van der Waals surface area contributed by atoms with Crippen LogP contribution >= 0.6 is 15.9 Å². The summed E-state index contributed by atoms with van der Waals surface area (Å²) in [6, 6.07) is 14.2. The molecule has 100 valence electrons. The molecule has 2 N–H and O–H groups in total. The summed E-state index contributed by atoms with van der Waals surface area (Å²) in [6.45, 7) is 4.59. The monoisotopic (exact) mass is 319 g/mol. The minimum atomic E-state index is -0.464. The van der Waals surface area contributed by atoms with E-state index in [0.717, 1.165) is 22.3 Å². The highest BCUT2D eigenvalue weighted by atomic mass is 79.9. The Labute approximate surface area is 122 Å². The maximum Gasteiger partial charge on any atom is 0.0781 e. The van der Waals surface area contributed by atoms with Crippen LogP contribution in [0.5, 0.6) is 0 Å². The minimum absolute atomic E-state index is 0.464. The third-order valence-corrected chi connectivity index (χ3v) is 3.98. The number of aliphatic hydroxyl groups excluding tert-OH is 1. The van der Waals surface area contributed by atoms with Crippen LogP contribution in [0, 0.1) is 6.92 Å². The van der Waals surface area contributed by atoms with Crippen molar-refractivity contribution in [2.45, 2.75) is 26.5 Å². The predicted molar refractivity (Wildman–Crippen MR) is 83.3 cm³/mol. The Morgan fingerprint density at radius 1 is 1.21 bits per heavy atom. The van der Waals surface area contributed by atoms with Gasteiger partial charge in [-0.2, -0.15) is 0 Å². The van der Waals surface area contributed by atoms with Gasteiger partial charge in [0.25, 0.3) is 0 Å². The highest BCUT2D eigenvalue weighted by Crippen LogP contribution is 2.23. The molecule has 1 unspecified atom stereocenters. The SMILES string of the molecule is Cc1ccc(CNc2ccccc2C(C)O)cc1Br. The number of benzene rings is 2. The van der Waals surface area contributed by atoms with Gasteiger partial charge in [-0.15, -0.1) is 0 Å². The summed E-state index contributed by atoms with van der Waals surface area (Å²) in [6.07, 6.45) is -0.464. The molecule has 0 saturated heterocycles. The third-order valence-electron chi connectivity index (χ3n) is 3.13. The topological polar surface area (TPSA) is 32.3 Å². The van der Waals surface area contributed by atoms with E-state index >= 15 is 0 Å². The van der Waals surface area contributed by atoms with Gasteiger partial charge in [0.15, 0.2) is 0 Å². The number of aliphatic hydroxyl groups is 1. The zero-order valence-corrected chi connectivity index (χ0v) is 12.7. The Kier molecular flexibility index (Phi) is 4.61. The van der Waals surface area contributed by atoms with Crippen LogP contribution in [0.1, 0.15) is 29.7 Å². The van der Waals surface area contributed by atoms with Crippen LogP contribution in [0.2, 0.25) is 0 Å². The number of hydrogen-bond acceptors (Lipinski definition) is 2. The van der Waals surface area contributed by atoms with E-state index in [1.165, 1.54) is 11.1 Å². The lowest BCUT2D eigenvalue weighted by Gasteiger charge is -2.14. The molecule has 19 heavy (non-hydrogen) atoms. The molecule has 0 bridgehead atoms. The van der Waals surface area contributed by atoms with Crippen molar-refractivity contribution in [3.63, 3.8) is 0 Å². The van der Waals surface area contributed by atoms with Crippen molar-refractivity contribution in [1.82, 2.24) is 0 Å². The number of anilines is 1. The molecule has 0 heterocycles. The molecule has 0 spiro atoms. The van der Waals surface area contributed by atoms with Crippen molar-refractivity contribution in [2.24, 2.45) is 0 Å². The number of para-hydroxylation sites is 1. The lowest BCUT2D eigenvalue weighted by Crippen LogP contribution is -2.04. The third kappa shape index (κ3) is 3.58. The molecule has 0 radical (unpaired) electrons. The summed E-state index contributed by atoms with van der Waals surface area (Å²) in [5.74, 6) is 0. The van der Waals surface area contributed by atoms with Crippen LogP contribution in [0.25, 0.3) is 0 Å². The fraction of sp³-hybridized carbons (Fsp3) is 0.250. The first-order valence-corrected chi connectivity index (χ1v) is 7.13. The van der Waals surface area contributed by atoms with Gasteiger partial charge in [-0.1, -0.05) is 46.3 Å². The summed E-state index contributed by atoms with van der Waals surface area (Å²) in [5.41, 5.74) is 4.34. The second kappa shape index (κ2) is 6.22. The fourth-order valence-corrected chi connectivity index (χ4v) is 2.39. The van der Waals surface area contributed by atoms with Crippen LogP contribution < -0.4 is 5.32 Å². The van der Waals surface area contributed by atoms with E-state index in [9.17, 15) is 5.11 Å². The zero-order valence-electron chi connectivity index (χ0n) is 11.2. The summed E-state index contributed by atoms with van der Waals surface area (Å²) in [5, 5.41) is 13.1. The van der Waals surface area contributed by atoms with Crippen molar-refractivity contribution in [3.05, 3.63) is 63.6 Å². The lowest BCUT2D eigenvalue weighted by molar-refractivity contribution is 0.200. The quantitative estimate of drug-likeness (QED) is 0.874. The van der Waals surface area contributed by atoms with Crippen molar-refractivity contribution >= 4 is 21.6 Å². The molecule has 0 saturated carbocycles. The van der Waals surface area contributed by atoms with Gasteiger partial charge in [0.2, 0.25) is 0 Å². The lowest BCUT2D eigenvalue weighted by atomic mass is 10.1. The van der Waals surface area contributed by atoms with Gasteiger partial charge in [0, 0.05) is 22.3 Å². The Morgan fingerprint density at radius 3 is 2.63 bits per heavy atom. The maximum atomic E-state index is 9.73. The fourth-order valence-electron chi connectivity index (χ4n) is 1.97. The second-order valence-corrected chi connectivity index (χ2v) is 5.55. The first-order valence-electron chi connectivity index (χ1n) is 6.34. The normalized spacial score (nSPS) is 12.2. The molecule has 2 aromatic carbocycles. The molecule has 2 rings (SSSR count). The number of halogens is 1. The molecule has 3 heteroatoms. The summed E-state index contributed by atoms with van der Waals surface area (Å²) < 4.78 is 1.12. The summed E-state index contributed by atoms with van der Waals surface area (Å²) in [4.78, 5) is 0. The van der Waals surface area contributed by atoms with E-state index < -0.39 is 6.10 Å². The van der Waals surface area contributed by atoms with Crippen LogP contribution in [-0.4, -0.2) is 5.11 Å². The highest BCUT2D eigenvalue weighted by Gasteiger charge is 2.06. The minimum Gasteiger partial charge on any atom is -0.389 e. The van der Waals surface area contributed by atoms with Crippen LogP contribution in [0.4, 0.5) is 5.69 Å². The first-order chi connectivity index (χ1) is 9.08. The molecule has 0 aliphatic heterocycles. The summed E-state index contributed by atoms with van der Waals surface area (Å²) in [7, 11) is 0. The number of aryl methyl sites for hydroxylation is 1. The van der Waals surface area contributed by atoms with Crippen LogP contribution in [-0.2, 0) is 6.54 Å². The van der Waals surface area contributed by atoms with Gasteiger partial charge in [0.05, 0.1) is 6.10 Å². The van der Waals surface area contributed by atoms with E-state index in [1.54, 1.807) is 6.92 Å². The Hall–Kier alpha value is -1.32. The average Bonchev–Trinajstić information content (AvgIpc) is 2.40. The molecule has 0 aliphatic rings. The molecule has 1 atom stereocenters. The second-order valence-electron chi connectivity index (χ2n) is 4.70. The van der Waals surface area contributed by atoms with E-state index in [1.807, 2.05) is 24.3 Å². The Bertz CT molecular complexity index is 566. The maximum absolute atomic E-state index is 9.73. The van der Waals surface area contributed by atoms with Crippen molar-refractivity contribution in [3.8, 4) is 0 Å². The average molecular weight is 320 g/mol. The van der Waals surface area contributed by atoms with E-state index in [0.29, 0.717) is 0 Å². The standard InChI is InChI=1S/C16H18BrNO/c1-11-7-8-13(9-15(11)17)10-18-16-6-4-3-5-14(16)12(2)19/h3-9,12,18-19H,10H2,1-2H3. The highest BCUT2D eigenvalue weighted by molar-refractivity contribution is 9.10.